The largest absolute Gasteiger partial charge is 0.380 e. The molecule has 0 unspecified atom stereocenters. The van der Waals surface area contributed by atoms with Crippen molar-refractivity contribution in [3.63, 3.8) is 0 Å². The number of unbranched alkanes of at least 4 members (excludes halogenated alkanes) is 7. The zero-order valence-electron chi connectivity index (χ0n) is 13.8. The summed E-state index contributed by atoms with van der Waals surface area (Å²) in [5, 5.41) is 3.49. The van der Waals surface area contributed by atoms with E-state index in [2.05, 4.69) is 21.3 Å². The standard InChI is InChI=1S/C16H27N3O3S/c1-2-3-4-5-6-7-8-9-14-23(20,21)22-19-16(17)15-10-12-18-13-11-15/h10-13H,2-9,14H2,1H3,(H2,17,19). The normalized spacial score (nSPS) is 12.3. The van der Waals surface area contributed by atoms with E-state index in [1.807, 2.05) is 0 Å². The Labute approximate surface area is 139 Å². The topological polar surface area (TPSA) is 94.6 Å². The van der Waals surface area contributed by atoms with E-state index in [1.165, 1.54) is 25.7 Å². The summed E-state index contributed by atoms with van der Waals surface area (Å²) in [6, 6.07) is 3.26. The Morgan fingerprint density at radius 3 is 2.26 bits per heavy atom. The van der Waals surface area contributed by atoms with Gasteiger partial charge in [0.15, 0.2) is 5.84 Å². The predicted molar refractivity (Wildman–Crippen MR) is 92.4 cm³/mol. The van der Waals surface area contributed by atoms with Gasteiger partial charge in [-0.3, -0.25) is 9.27 Å². The maximum atomic E-state index is 11.7. The van der Waals surface area contributed by atoms with E-state index >= 15 is 0 Å². The van der Waals surface area contributed by atoms with Crippen LogP contribution in [0, 0.1) is 0 Å². The van der Waals surface area contributed by atoms with Gasteiger partial charge in [-0.25, -0.2) is 0 Å². The summed E-state index contributed by atoms with van der Waals surface area (Å²) in [5.74, 6) is -0.0124. The van der Waals surface area contributed by atoms with E-state index in [1.54, 1.807) is 24.5 Å². The molecule has 23 heavy (non-hydrogen) atoms. The van der Waals surface area contributed by atoms with Gasteiger partial charge in [0.25, 0.3) is 0 Å². The molecule has 7 heteroatoms. The van der Waals surface area contributed by atoms with E-state index in [0.717, 1.165) is 19.3 Å². The third-order valence-electron chi connectivity index (χ3n) is 3.47. The molecule has 6 nitrogen and oxygen atoms in total. The Morgan fingerprint density at radius 2 is 1.65 bits per heavy atom. The fraction of sp³-hybridized carbons (Fsp3) is 0.625. The quantitative estimate of drug-likeness (QED) is 0.273. The molecule has 2 N–H and O–H groups in total. The van der Waals surface area contributed by atoms with Gasteiger partial charge in [0.2, 0.25) is 0 Å². The zero-order chi connectivity index (χ0) is 17.0. The number of hydrogen-bond acceptors (Lipinski definition) is 5. The molecule has 1 rings (SSSR count). The molecule has 0 atom stereocenters. The molecule has 0 radical (unpaired) electrons. The molecule has 0 aliphatic rings. The summed E-state index contributed by atoms with van der Waals surface area (Å²) < 4.78 is 28.1. The number of amidine groups is 1. The van der Waals surface area contributed by atoms with Gasteiger partial charge in [-0.05, 0) is 23.7 Å². The van der Waals surface area contributed by atoms with E-state index in [-0.39, 0.29) is 11.6 Å². The average Bonchev–Trinajstić information content (AvgIpc) is 2.56. The van der Waals surface area contributed by atoms with Crippen LogP contribution in [0.4, 0.5) is 0 Å². The van der Waals surface area contributed by atoms with E-state index < -0.39 is 10.1 Å². The van der Waals surface area contributed by atoms with Crippen LogP contribution in [0.5, 0.6) is 0 Å². The lowest BCUT2D eigenvalue weighted by Gasteiger charge is -2.04. The van der Waals surface area contributed by atoms with Crippen LogP contribution in [0.2, 0.25) is 0 Å². The van der Waals surface area contributed by atoms with Crippen molar-refractivity contribution in [2.24, 2.45) is 10.9 Å². The van der Waals surface area contributed by atoms with Crippen molar-refractivity contribution in [1.82, 2.24) is 4.98 Å². The molecular formula is C16H27N3O3S. The molecule has 0 aromatic carbocycles. The Bertz CT molecular complexity index is 559. The monoisotopic (exact) mass is 341 g/mol. The van der Waals surface area contributed by atoms with Crippen LogP contribution in [0.3, 0.4) is 0 Å². The summed E-state index contributed by atoms with van der Waals surface area (Å²) in [4.78, 5) is 3.85. The summed E-state index contributed by atoms with van der Waals surface area (Å²) in [6.07, 6.45) is 11.8. The highest BCUT2D eigenvalue weighted by Crippen LogP contribution is 2.10. The lowest BCUT2D eigenvalue weighted by Crippen LogP contribution is -2.16. The van der Waals surface area contributed by atoms with Gasteiger partial charge in [0, 0.05) is 18.0 Å². The number of hydrogen-bond donors (Lipinski definition) is 1. The number of oxime groups is 1. The minimum absolute atomic E-state index is 0.0203. The smallest absolute Gasteiger partial charge is 0.328 e. The summed E-state index contributed by atoms with van der Waals surface area (Å²) in [6.45, 7) is 2.19. The molecule has 0 bridgehead atoms. The third kappa shape index (κ3) is 9.18. The van der Waals surface area contributed by atoms with Crippen LogP contribution in [0.1, 0.15) is 63.9 Å². The first kappa shape index (κ1) is 19.4. The average molecular weight is 341 g/mol. The van der Waals surface area contributed by atoms with Crippen molar-refractivity contribution in [2.45, 2.75) is 58.3 Å². The second-order valence-corrected chi connectivity index (χ2v) is 7.20. The second-order valence-electron chi connectivity index (χ2n) is 5.52. The molecular weight excluding hydrogens is 314 g/mol. The van der Waals surface area contributed by atoms with E-state index in [0.29, 0.717) is 12.0 Å². The second kappa shape index (κ2) is 11.0. The van der Waals surface area contributed by atoms with Gasteiger partial charge in [-0.15, -0.1) is 0 Å². The highest BCUT2D eigenvalue weighted by molar-refractivity contribution is 7.86. The van der Waals surface area contributed by atoms with Gasteiger partial charge in [-0.1, -0.05) is 51.9 Å². The summed E-state index contributed by atoms with van der Waals surface area (Å²) in [7, 11) is -3.67. The summed E-state index contributed by atoms with van der Waals surface area (Å²) in [5.41, 5.74) is 6.24. The molecule has 1 aromatic rings. The highest BCUT2D eigenvalue weighted by atomic mass is 32.2. The Kier molecular flexibility index (Phi) is 9.28. The van der Waals surface area contributed by atoms with Gasteiger partial charge in [0.05, 0.1) is 5.75 Å². The Hall–Kier alpha value is -1.63. The maximum absolute atomic E-state index is 11.7. The SMILES string of the molecule is CCCCCCCCCCS(=O)(=O)ON=C(N)c1ccncc1. The van der Waals surface area contributed by atoms with Crippen LogP contribution >= 0.6 is 0 Å². The first-order valence-corrected chi connectivity index (χ1v) is 9.78. The summed E-state index contributed by atoms with van der Waals surface area (Å²) >= 11 is 0. The fourth-order valence-corrected chi connectivity index (χ4v) is 2.95. The Balaban J connectivity index is 2.23. The van der Waals surface area contributed by atoms with Gasteiger partial charge >= 0.3 is 10.1 Å². The lowest BCUT2D eigenvalue weighted by atomic mass is 10.1. The third-order valence-corrected chi connectivity index (χ3v) is 4.56. The van der Waals surface area contributed by atoms with E-state index in [9.17, 15) is 8.42 Å². The predicted octanol–water partition coefficient (Wildman–Crippen LogP) is 3.19. The van der Waals surface area contributed by atoms with Crippen LogP contribution < -0.4 is 5.73 Å². The first-order valence-electron chi connectivity index (χ1n) is 8.20. The van der Waals surface area contributed by atoms with Crippen molar-refractivity contribution in [2.75, 3.05) is 5.75 Å². The van der Waals surface area contributed by atoms with Gasteiger partial charge < -0.3 is 5.73 Å². The van der Waals surface area contributed by atoms with E-state index in [4.69, 9.17) is 5.73 Å². The number of nitrogens with zero attached hydrogens (tertiary/aromatic N) is 2. The van der Waals surface area contributed by atoms with Crippen LogP contribution in [0.15, 0.2) is 29.7 Å². The Morgan fingerprint density at radius 1 is 1.09 bits per heavy atom. The molecule has 1 aromatic heterocycles. The number of rotatable bonds is 12. The fourth-order valence-electron chi connectivity index (χ4n) is 2.12. The number of aromatic nitrogens is 1. The van der Waals surface area contributed by atoms with Gasteiger partial charge in [0.1, 0.15) is 0 Å². The zero-order valence-corrected chi connectivity index (χ0v) is 14.6. The molecule has 0 fully saturated rings. The highest BCUT2D eigenvalue weighted by Gasteiger charge is 2.11. The number of pyridine rings is 1. The van der Waals surface area contributed by atoms with Crippen molar-refractivity contribution in [1.29, 1.82) is 0 Å². The maximum Gasteiger partial charge on any atom is 0.328 e. The van der Waals surface area contributed by atoms with Crippen LogP contribution in [-0.4, -0.2) is 25.0 Å². The molecule has 0 aliphatic heterocycles. The molecule has 0 saturated heterocycles. The molecule has 1 heterocycles. The number of nitrogens with two attached hydrogens (primary N) is 1. The molecule has 0 spiro atoms. The molecule has 0 saturated carbocycles. The minimum atomic E-state index is -3.67. The van der Waals surface area contributed by atoms with Crippen molar-refractivity contribution >= 4 is 16.0 Å². The van der Waals surface area contributed by atoms with Crippen LogP contribution in [0.25, 0.3) is 0 Å². The molecule has 0 aliphatic carbocycles. The van der Waals surface area contributed by atoms with Crippen molar-refractivity contribution in [3.05, 3.63) is 30.1 Å². The minimum Gasteiger partial charge on any atom is -0.380 e. The first-order chi connectivity index (χ1) is 11.0. The van der Waals surface area contributed by atoms with Crippen LogP contribution in [-0.2, 0) is 14.4 Å². The molecule has 130 valence electrons. The molecule has 0 amide bonds. The van der Waals surface area contributed by atoms with Crippen molar-refractivity contribution < 1.29 is 12.7 Å². The lowest BCUT2D eigenvalue weighted by molar-refractivity contribution is 0.337. The van der Waals surface area contributed by atoms with Gasteiger partial charge in [-0.2, -0.15) is 8.42 Å². The van der Waals surface area contributed by atoms with Crippen molar-refractivity contribution in [3.8, 4) is 0 Å².